The van der Waals surface area contributed by atoms with Gasteiger partial charge in [-0.25, -0.2) is 9.97 Å². The average molecular weight is 337 g/mol. The lowest BCUT2D eigenvalue weighted by atomic mass is 10.2. The predicted molar refractivity (Wildman–Crippen MR) is 85.7 cm³/mol. The fourth-order valence-electron chi connectivity index (χ4n) is 2.20. The van der Waals surface area contributed by atoms with E-state index in [1.54, 1.807) is 18.4 Å². The molecule has 0 fully saturated rings. The van der Waals surface area contributed by atoms with Gasteiger partial charge in [0.25, 0.3) is 0 Å². The summed E-state index contributed by atoms with van der Waals surface area (Å²) >= 11 is 1.58. The van der Waals surface area contributed by atoms with Gasteiger partial charge in [0.2, 0.25) is 0 Å². The van der Waals surface area contributed by atoms with E-state index in [-0.39, 0.29) is 6.04 Å². The van der Waals surface area contributed by atoms with Crippen LogP contribution in [0.3, 0.4) is 0 Å². The molecule has 0 spiro atoms. The van der Waals surface area contributed by atoms with Crippen molar-refractivity contribution in [2.75, 3.05) is 11.9 Å². The monoisotopic (exact) mass is 337 g/mol. The lowest BCUT2D eigenvalue weighted by Gasteiger charge is -2.24. The van der Waals surface area contributed by atoms with Crippen molar-refractivity contribution in [2.24, 2.45) is 0 Å². The smallest absolute Gasteiger partial charge is 0.350 e. The second kappa shape index (κ2) is 5.81. The quantitative estimate of drug-likeness (QED) is 0.680. The largest absolute Gasteiger partial charge is 0.417 e. The van der Waals surface area contributed by atoms with Crippen molar-refractivity contribution in [1.29, 1.82) is 0 Å². The number of para-hydroxylation sites is 1. The third kappa shape index (κ3) is 3.14. The minimum atomic E-state index is -4.37. The molecular weight excluding hydrogens is 323 g/mol. The number of rotatable bonds is 3. The van der Waals surface area contributed by atoms with E-state index in [9.17, 15) is 13.2 Å². The molecule has 120 valence electrons. The van der Waals surface area contributed by atoms with Crippen LogP contribution in [0.5, 0.6) is 0 Å². The van der Waals surface area contributed by atoms with E-state index in [2.05, 4.69) is 9.97 Å². The third-order valence-corrected chi connectivity index (χ3v) is 4.89. The van der Waals surface area contributed by atoms with Crippen molar-refractivity contribution >= 4 is 27.4 Å². The van der Waals surface area contributed by atoms with Crippen LogP contribution in [0.4, 0.5) is 19.0 Å². The van der Waals surface area contributed by atoms with E-state index in [1.807, 2.05) is 36.1 Å². The van der Waals surface area contributed by atoms with Gasteiger partial charge < -0.3 is 4.90 Å². The van der Waals surface area contributed by atoms with Crippen LogP contribution in [0.15, 0.2) is 42.6 Å². The van der Waals surface area contributed by atoms with Crippen molar-refractivity contribution in [3.05, 3.63) is 53.2 Å². The number of fused-ring (bicyclic) bond motifs is 1. The fourth-order valence-corrected chi connectivity index (χ4v) is 3.26. The Hall–Kier alpha value is -2.15. The number of anilines is 1. The maximum atomic E-state index is 12.6. The van der Waals surface area contributed by atoms with Crippen LogP contribution in [-0.4, -0.2) is 17.0 Å². The third-order valence-electron chi connectivity index (χ3n) is 3.69. The van der Waals surface area contributed by atoms with Crippen molar-refractivity contribution in [2.45, 2.75) is 19.1 Å². The van der Waals surface area contributed by atoms with Crippen LogP contribution in [0.25, 0.3) is 10.2 Å². The number of thiazole rings is 1. The molecule has 1 aromatic carbocycles. The Balaban J connectivity index is 1.85. The molecule has 0 unspecified atom stereocenters. The number of halogens is 3. The van der Waals surface area contributed by atoms with E-state index in [0.29, 0.717) is 5.82 Å². The highest BCUT2D eigenvalue weighted by molar-refractivity contribution is 7.18. The van der Waals surface area contributed by atoms with Gasteiger partial charge in [-0.3, -0.25) is 0 Å². The van der Waals surface area contributed by atoms with Gasteiger partial charge in [-0.05, 0) is 31.2 Å². The van der Waals surface area contributed by atoms with E-state index in [4.69, 9.17) is 0 Å². The number of alkyl halides is 3. The van der Waals surface area contributed by atoms with Crippen molar-refractivity contribution in [3.63, 3.8) is 0 Å². The topological polar surface area (TPSA) is 29.0 Å². The fraction of sp³-hybridized carbons (Fsp3) is 0.250. The highest BCUT2D eigenvalue weighted by atomic mass is 32.1. The van der Waals surface area contributed by atoms with Gasteiger partial charge in [0, 0.05) is 13.2 Å². The summed E-state index contributed by atoms with van der Waals surface area (Å²) in [7, 11) is 1.80. The molecule has 0 aliphatic rings. The Morgan fingerprint density at radius 3 is 2.48 bits per heavy atom. The molecule has 1 atom stereocenters. The Labute approximate surface area is 135 Å². The Morgan fingerprint density at radius 2 is 1.87 bits per heavy atom. The Kier molecular flexibility index (Phi) is 3.97. The van der Waals surface area contributed by atoms with Gasteiger partial charge in [-0.15, -0.1) is 11.3 Å². The van der Waals surface area contributed by atoms with Gasteiger partial charge in [0.1, 0.15) is 10.8 Å². The Morgan fingerprint density at radius 1 is 1.13 bits per heavy atom. The molecule has 3 rings (SSSR count). The van der Waals surface area contributed by atoms with E-state index < -0.39 is 11.7 Å². The summed E-state index contributed by atoms with van der Waals surface area (Å²) in [5.74, 6) is 0.477. The molecule has 0 saturated carbocycles. The molecule has 0 amide bonds. The van der Waals surface area contributed by atoms with Crippen LogP contribution in [0.2, 0.25) is 0 Å². The summed E-state index contributed by atoms with van der Waals surface area (Å²) in [4.78, 5) is 10.3. The zero-order valence-electron chi connectivity index (χ0n) is 12.5. The van der Waals surface area contributed by atoms with Gasteiger partial charge >= 0.3 is 6.18 Å². The van der Waals surface area contributed by atoms with Gasteiger partial charge in [0.15, 0.2) is 0 Å². The first kappa shape index (κ1) is 15.7. The lowest BCUT2D eigenvalue weighted by Crippen LogP contribution is -2.22. The maximum Gasteiger partial charge on any atom is 0.417 e. The first-order valence-corrected chi connectivity index (χ1v) is 7.79. The number of hydrogen-bond acceptors (Lipinski definition) is 4. The molecule has 0 aliphatic carbocycles. The highest BCUT2D eigenvalue weighted by Crippen LogP contribution is 2.32. The van der Waals surface area contributed by atoms with Gasteiger partial charge in [0.05, 0.1) is 21.8 Å². The van der Waals surface area contributed by atoms with Gasteiger partial charge in [-0.1, -0.05) is 12.1 Å². The molecule has 0 aliphatic heterocycles. The predicted octanol–water partition coefficient (Wildman–Crippen LogP) is 4.91. The molecule has 0 N–H and O–H groups in total. The minimum absolute atomic E-state index is 0.0864. The summed E-state index contributed by atoms with van der Waals surface area (Å²) in [5.41, 5.74) is 0.176. The second-order valence-corrected chi connectivity index (χ2v) is 6.27. The average Bonchev–Trinajstić information content (AvgIpc) is 2.96. The molecule has 3 aromatic rings. The van der Waals surface area contributed by atoms with Crippen LogP contribution in [0.1, 0.15) is 23.5 Å². The summed E-state index contributed by atoms with van der Waals surface area (Å²) in [6.45, 7) is 1.96. The summed E-state index contributed by atoms with van der Waals surface area (Å²) in [6.07, 6.45) is -3.51. The summed E-state index contributed by atoms with van der Waals surface area (Å²) in [6, 6.07) is 10.2. The normalized spacial score (nSPS) is 13.3. The molecule has 2 heterocycles. The zero-order valence-corrected chi connectivity index (χ0v) is 13.3. The minimum Gasteiger partial charge on any atom is -0.350 e. The van der Waals surface area contributed by atoms with E-state index in [0.717, 1.165) is 27.5 Å². The Bertz CT molecular complexity index is 778. The number of aromatic nitrogens is 2. The number of benzene rings is 1. The van der Waals surface area contributed by atoms with Gasteiger partial charge in [-0.2, -0.15) is 13.2 Å². The number of hydrogen-bond donors (Lipinski definition) is 0. The van der Waals surface area contributed by atoms with Crippen LogP contribution in [-0.2, 0) is 6.18 Å². The number of pyridine rings is 1. The van der Waals surface area contributed by atoms with E-state index in [1.165, 1.54) is 6.07 Å². The molecule has 3 nitrogen and oxygen atoms in total. The van der Waals surface area contributed by atoms with Crippen molar-refractivity contribution in [1.82, 2.24) is 9.97 Å². The molecular formula is C16H14F3N3S. The van der Waals surface area contributed by atoms with Crippen LogP contribution in [0, 0.1) is 0 Å². The molecule has 0 radical (unpaired) electrons. The SMILES string of the molecule is C[C@@H](c1nc2ccccc2s1)N(C)c1ccc(C(F)(F)F)cn1. The molecule has 2 aromatic heterocycles. The standard InChI is InChI=1S/C16H14F3N3S/c1-10(15-21-12-5-3-4-6-13(12)23-15)22(2)14-8-7-11(9-20-14)16(17,18)19/h3-10H,1-2H3/t10-/m0/s1. The van der Waals surface area contributed by atoms with Crippen LogP contribution < -0.4 is 4.90 Å². The highest BCUT2D eigenvalue weighted by Gasteiger charge is 2.31. The second-order valence-electron chi connectivity index (χ2n) is 5.21. The van der Waals surface area contributed by atoms with E-state index >= 15 is 0 Å². The maximum absolute atomic E-state index is 12.6. The molecule has 23 heavy (non-hydrogen) atoms. The van der Waals surface area contributed by atoms with Crippen molar-refractivity contribution in [3.8, 4) is 0 Å². The summed E-state index contributed by atoms with van der Waals surface area (Å²) < 4.78 is 38.9. The number of nitrogens with zero attached hydrogens (tertiary/aromatic N) is 3. The summed E-state index contributed by atoms with van der Waals surface area (Å²) in [5, 5.41) is 0.899. The zero-order chi connectivity index (χ0) is 16.6. The first-order chi connectivity index (χ1) is 10.9. The lowest BCUT2D eigenvalue weighted by molar-refractivity contribution is -0.137. The van der Waals surface area contributed by atoms with Crippen LogP contribution >= 0.6 is 11.3 Å². The molecule has 0 bridgehead atoms. The molecule has 0 saturated heterocycles. The first-order valence-electron chi connectivity index (χ1n) is 6.98. The van der Waals surface area contributed by atoms with Crippen molar-refractivity contribution < 1.29 is 13.2 Å². The molecule has 7 heteroatoms.